The van der Waals surface area contributed by atoms with Crippen LogP contribution in [0.5, 0.6) is 0 Å². The molecule has 3 heteroatoms. The zero-order valence-electron chi connectivity index (χ0n) is 9.19. The van der Waals surface area contributed by atoms with Crippen LogP contribution in [0.15, 0.2) is 18.2 Å². The highest BCUT2D eigenvalue weighted by molar-refractivity contribution is 5.70. The average molecular weight is 215 g/mol. The molecule has 0 aromatic heterocycles. The summed E-state index contributed by atoms with van der Waals surface area (Å²) in [5.41, 5.74) is 3.09. The molecule has 0 bridgehead atoms. The van der Waals surface area contributed by atoms with Crippen molar-refractivity contribution in [2.24, 2.45) is 0 Å². The molecule has 0 fully saturated rings. The first-order valence-corrected chi connectivity index (χ1v) is 5.34. The van der Waals surface area contributed by atoms with E-state index in [1.807, 2.05) is 18.2 Å². The van der Waals surface area contributed by atoms with Crippen LogP contribution in [0.3, 0.4) is 0 Å². The molecule has 0 N–H and O–H groups in total. The summed E-state index contributed by atoms with van der Waals surface area (Å²) in [5, 5.41) is 8.79. The van der Waals surface area contributed by atoms with E-state index in [1.165, 1.54) is 18.2 Å². The normalized spacial score (nSPS) is 17.6. The maximum atomic E-state index is 11.2. The number of benzene rings is 1. The van der Waals surface area contributed by atoms with E-state index < -0.39 is 0 Å². The highest BCUT2D eigenvalue weighted by Crippen LogP contribution is 2.35. The van der Waals surface area contributed by atoms with Gasteiger partial charge in [0.25, 0.3) is 0 Å². The van der Waals surface area contributed by atoms with Gasteiger partial charge in [0.2, 0.25) is 0 Å². The monoisotopic (exact) mass is 215 g/mol. The summed E-state index contributed by atoms with van der Waals surface area (Å²) in [7, 11) is 1.41. The predicted octanol–water partition coefficient (Wildman–Crippen LogP) is 2.15. The van der Waals surface area contributed by atoms with Crippen molar-refractivity contribution in [2.75, 3.05) is 7.11 Å². The number of rotatable bonds is 2. The van der Waals surface area contributed by atoms with Crippen molar-refractivity contribution < 1.29 is 9.53 Å². The molecule has 0 heterocycles. The fourth-order valence-electron chi connectivity index (χ4n) is 2.27. The molecule has 2 rings (SSSR count). The van der Waals surface area contributed by atoms with Crippen LogP contribution in [-0.4, -0.2) is 13.1 Å². The number of methoxy groups -OCH3 is 1. The van der Waals surface area contributed by atoms with Gasteiger partial charge in [-0.25, -0.2) is 0 Å². The molecule has 1 atom stereocenters. The summed E-state index contributed by atoms with van der Waals surface area (Å²) in [6.07, 6.45) is 2.36. The van der Waals surface area contributed by atoms with E-state index in [1.54, 1.807) is 0 Å². The Kier molecular flexibility index (Phi) is 2.91. The number of nitriles is 1. The number of hydrogen-bond acceptors (Lipinski definition) is 3. The van der Waals surface area contributed by atoms with E-state index in [0.29, 0.717) is 12.0 Å². The summed E-state index contributed by atoms with van der Waals surface area (Å²) >= 11 is 0. The average Bonchev–Trinajstić information content (AvgIpc) is 2.71. The van der Waals surface area contributed by atoms with Crippen LogP contribution in [0.2, 0.25) is 0 Å². The lowest BCUT2D eigenvalue weighted by atomic mass is 9.97. The number of hydrogen-bond donors (Lipinski definition) is 0. The van der Waals surface area contributed by atoms with Crippen molar-refractivity contribution in [1.29, 1.82) is 5.26 Å². The SMILES string of the molecule is COC(=O)CC1CCc2cc(C#N)ccc21. The lowest BCUT2D eigenvalue weighted by molar-refractivity contribution is -0.141. The third-order valence-electron chi connectivity index (χ3n) is 3.11. The zero-order valence-corrected chi connectivity index (χ0v) is 9.19. The Morgan fingerprint density at radius 2 is 2.44 bits per heavy atom. The van der Waals surface area contributed by atoms with Gasteiger partial charge in [-0.15, -0.1) is 0 Å². The summed E-state index contributed by atoms with van der Waals surface area (Å²) < 4.78 is 4.68. The molecule has 3 nitrogen and oxygen atoms in total. The van der Waals surface area contributed by atoms with Gasteiger partial charge in [0, 0.05) is 0 Å². The third kappa shape index (κ3) is 1.92. The van der Waals surface area contributed by atoms with Gasteiger partial charge in [-0.3, -0.25) is 4.79 Å². The van der Waals surface area contributed by atoms with Crippen molar-refractivity contribution in [2.45, 2.75) is 25.2 Å². The van der Waals surface area contributed by atoms with E-state index in [9.17, 15) is 4.79 Å². The quantitative estimate of drug-likeness (QED) is 0.710. The van der Waals surface area contributed by atoms with E-state index in [4.69, 9.17) is 5.26 Å². The van der Waals surface area contributed by atoms with Crippen LogP contribution in [0.4, 0.5) is 0 Å². The Hall–Kier alpha value is -1.82. The molecule has 0 saturated heterocycles. The molecule has 0 spiro atoms. The number of aryl methyl sites for hydroxylation is 1. The van der Waals surface area contributed by atoms with Crippen LogP contribution in [0.25, 0.3) is 0 Å². The Bertz CT molecular complexity index is 459. The highest BCUT2D eigenvalue weighted by Gasteiger charge is 2.25. The smallest absolute Gasteiger partial charge is 0.306 e. The highest BCUT2D eigenvalue weighted by atomic mass is 16.5. The van der Waals surface area contributed by atoms with Gasteiger partial charge in [-0.2, -0.15) is 5.26 Å². The van der Waals surface area contributed by atoms with E-state index in [2.05, 4.69) is 10.8 Å². The van der Waals surface area contributed by atoms with Gasteiger partial charge >= 0.3 is 5.97 Å². The topological polar surface area (TPSA) is 50.1 Å². The van der Waals surface area contributed by atoms with Crippen LogP contribution in [-0.2, 0) is 16.0 Å². The van der Waals surface area contributed by atoms with Crippen molar-refractivity contribution in [3.8, 4) is 6.07 Å². The first-order valence-electron chi connectivity index (χ1n) is 5.34. The molecule has 1 unspecified atom stereocenters. The number of ether oxygens (including phenoxy) is 1. The Morgan fingerprint density at radius 1 is 1.62 bits per heavy atom. The second-order valence-electron chi connectivity index (χ2n) is 4.04. The minimum atomic E-state index is -0.165. The van der Waals surface area contributed by atoms with Crippen molar-refractivity contribution in [1.82, 2.24) is 0 Å². The molecule has 0 saturated carbocycles. The summed E-state index contributed by atoms with van der Waals surface area (Å²) in [4.78, 5) is 11.2. The molecule has 16 heavy (non-hydrogen) atoms. The third-order valence-corrected chi connectivity index (χ3v) is 3.11. The van der Waals surface area contributed by atoms with Crippen LogP contribution < -0.4 is 0 Å². The fraction of sp³-hybridized carbons (Fsp3) is 0.385. The van der Waals surface area contributed by atoms with Crippen molar-refractivity contribution in [3.05, 3.63) is 34.9 Å². The molecule has 0 amide bonds. The number of fused-ring (bicyclic) bond motifs is 1. The Labute approximate surface area is 94.6 Å². The second kappa shape index (κ2) is 4.36. The maximum Gasteiger partial charge on any atom is 0.306 e. The maximum absolute atomic E-state index is 11.2. The van der Waals surface area contributed by atoms with Crippen molar-refractivity contribution >= 4 is 5.97 Å². The van der Waals surface area contributed by atoms with Gasteiger partial charge in [0.15, 0.2) is 0 Å². The molecule has 0 aliphatic heterocycles. The molecule has 1 aromatic rings. The molecule has 0 radical (unpaired) electrons. The van der Waals surface area contributed by atoms with Gasteiger partial charge in [0.05, 0.1) is 25.2 Å². The van der Waals surface area contributed by atoms with Gasteiger partial charge in [-0.1, -0.05) is 6.07 Å². The fourth-order valence-corrected chi connectivity index (χ4v) is 2.27. The van der Waals surface area contributed by atoms with E-state index in [0.717, 1.165) is 12.8 Å². The lowest BCUT2D eigenvalue weighted by Gasteiger charge is -2.09. The number of carbonyl (C=O) groups excluding carboxylic acids is 1. The summed E-state index contributed by atoms with van der Waals surface area (Å²) in [5.74, 6) is 0.0948. The van der Waals surface area contributed by atoms with Gasteiger partial charge in [0.1, 0.15) is 0 Å². The van der Waals surface area contributed by atoms with Crippen molar-refractivity contribution in [3.63, 3.8) is 0 Å². The molecular formula is C13H13NO2. The summed E-state index contributed by atoms with van der Waals surface area (Å²) in [6, 6.07) is 7.84. The van der Waals surface area contributed by atoms with Gasteiger partial charge < -0.3 is 4.74 Å². The van der Waals surface area contributed by atoms with Crippen LogP contribution in [0.1, 0.15) is 35.4 Å². The minimum absolute atomic E-state index is 0.165. The first kappa shape index (κ1) is 10.7. The zero-order chi connectivity index (χ0) is 11.5. The number of nitrogens with zero attached hydrogens (tertiary/aromatic N) is 1. The molecule has 82 valence electrons. The predicted molar refractivity (Wildman–Crippen MR) is 58.9 cm³/mol. The van der Waals surface area contributed by atoms with Crippen LogP contribution >= 0.6 is 0 Å². The first-order chi connectivity index (χ1) is 7.74. The molecule has 1 aliphatic rings. The van der Waals surface area contributed by atoms with E-state index in [-0.39, 0.29) is 11.9 Å². The van der Waals surface area contributed by atoms with Gasteiger partial charge in [-0.05, 0) is 42.0 Å². The summed E-state index contributed by atoms with van der Waals surface area (Å²) in [6.45, 7) is 0. The standard InChI is InChI=1S/C13H13NO2/c1-16-13(15)7-11-4-3-10-6-9(8-14)2-5-12(10)11/h2,5-6,11H,3-4,7H2,1H3. The van der Waals surface area contributed by atoms with Crippen LogP contribution in [0, 0.1) is 11.3 Å². The molecule has 1 aliphatic carbocycles. The number of carbonyl (C=O) groups is 1. The Morgan fingerprint density at radius 3 is 3.12 bits per heavy atom. The number of esters is 1. The minimum Gasteiger partial charge on any atom is -0.469 e. The molecule has 1 aromatic carbocycles. The Balaban J connectivity index is 2.21. The second-order valence-corrected chi connectivity index (χ2v) is 4.04. The largest absolute Gasteiger partial charge is 0.469 e. The lowest BCUT2D eigenvalue weighted by Crippen LogP contribution is -2.06. The molecular weight excluding hydrogens is 202 g/mol. The van der Waals surface area contributed by atoms with E-state index >= 15 is 0 Å².